The maximum atomic E-state index is 11.2. The van der Waals surface area contributed by atoms with E-state index in [1.54, 1.807) is 6.07 Å². The summed E-state index contributed by atoms with van der Waals surface area (Å²) in [6, 6.07) is 5.55. The van der Waals surface area contributed by atoms with Gasteiger partial charge in [0.05, 0.1) is 11.3 Å². The number of carbonyl (C=O) groups is 1. The molecule has 0 aliphatic heterocycles. The van der Waals surface area contributed by atoms with Gasteiger partial charge in [-0.25, -0.2) is 4.79 Å². The minimum atomic E-state index is -0.839. The molecule has 1 aromatic rings. The molecule has 1 aromatic carbocycles. The molecule has 0 aromatic heterocycles. The molecule has 1 saturated carbocycles. The van der Waals surface area contributed by atoms with Gasteiger partial charge < -0.3 is 10.0 Å². The summed E-state index contributed by atoms with van der Waals surface area (Å²) in [7, 11) is 0. The second-order valence-electron chi connectivity index (χ2n) is 4.81. The molecule has 92 valence electrons. The number of aromatic carboxylic acids is 1. The first-order chi connectivity index (χ1) is 8.11. The quantitative estimate of drug-likeness (QED) is 0.850. The number of carboxylic acid groups (broad SMARTS) is 1. The molecule has 2 rings (SSSR count). The first-order valence-corrected chi connectivity index (χ1v) is 6.20. The second-order valence-corrected chi connectivity index (χ2v) is 4.81. The lowest BCUT2D eigenvalue weighted by molar-refractivity contribution is 0.0697. The minimum Gasteiger partial charge on any atom is -0.478 e. The molecule has 3 nitrogen and oxygen atoms in total. The lowest BCUT2D eigenvalue weighted by atomic mass is 10.1. The molecule has 1 aliphatic carbocycles. The molecule has 3 heteroatoms. The summed E-state index contributed by atoms with van der Waals surface area (Å²) in [5.74, 6) is -0.0774. The summed E-state index contributed by atoms with van der Waals surface area (Å²) in [5.41, 5.74) is 2.39. The van der Waals surface area contributed by atoms with Crippen LogP contribution in [0.4, 0.5) is 5.69 Å². The van der Waals surface area contributed by atoms with E-state index in [-0.39, 0.29) is 0 Å². The predicted molar refractivity (Wildman–Crippen MR) is 68.7 cm³/mol. The fourth-order valence-corrected chi connectivity index (χ4v) is 2.09. The monoisotopic (exact) mass is 233 g/mol. The fourth-order valence-electron chi connectivity index (χ4n) is 2.09. The first-order valence-electron chi connectivity index (χ1n) is 6.20. The highest BCUT2D eigenvalue weighted by Gasteiger charge is 2.25. The minimum absolute atomic E-state index is 0.415. The Morgan fingerprint density at radius 1 is 1.47 bits per heavy atom. The van der Waals surface area contributed by atoms with Gasteiger partial charge in [0, 0.05) is 13.1 Å². The van der Waals surface area contributed by atoms with E-state index in [1.807, 2.05) is 19.1 Å². The van der Waals surface area contributed by atoms with Crippen molar-refractivity contribution in [3.05, 3.63) is 29.3 Å². The Morgan fingerprint density at radius 3 is 2.71 bits per heavy atom. The molecule has 17 heavy (non-hydrogen) atoms. The normalized spacial score (nSPS) is 14.7. The number of hydrogen-bond acceptors (Lipinski definition) is 2. The van der Waals surface area contributed by atoms with Gasteiger partial charge in [-0.05, 0) is 50.3 Å². The van der Waals surface area contributed by atoms with Crippen LogP contribution in [-0.4, -0.2) is 24.2 Å². The van der Waals surface area contributed by atoms with E-state index < -0.39 is 5.97 Å². The van der Waals surface area contributed by atoms with Gasteiger partial charge in [-0.2, -0.15) is 0 Å². The molecule has 0 unspecified atom stereocenters. The Bertz CT molecular complexity index is 424. The number of benzene rings is 1. The molecule has 0 atom stereocenters. The summed E-state index contributed by atoms with van der Waals surface area (Å²) in [6.45, 7) is 5.93. The standard InChI is InChI=1S/C14H19NO2/c1-3-15(9-11-5-6-11)13-8-10(2)4-7-12(13)14(16)17/h4,7-8,11H,3,5-6,9H2,1-2H3,(H,16,17). The van der Waals surface area contributed by atoms with Crippen molar-refractivity contribution in [2.24, 2.45) is 5.92 Å². The van der Waals surface area contributed by atoms with Crippen LogP contribution in [0, 0.1) is 12.8 Å². The van der Waals surface area contributed by atoms with Crippen LogP contribution < -0.4 is 4.90 Å². The number of anilines is 1. The smallest absolute Gasteiger partial charge is 0.337 e. The Hall–Kier alpha value is -1.51. The van der Waals surface area contributed by atoms with Crippen LogP contribution in [-0.2, 0) is 0 Å². The largest absolute Gasteiger partial charge is 0.478 e. The van der Waals surface area contributed by atoms with E-state index in [9.17, 15) is 9.90 Å². The number of nitrogens with zero attached hydrogens (tertiary/aromatic N) is 1. The molecule has 0 heterocycles. The van der Waals surface area contributed by atoms with Crippen LogP contribution in [0.5, 0.6) is 0 Å². The van der Waals surface area contributed by atoms with Gasteiger partial charge in [0.15, 0.2) is 0 Å². The average Bonchev–Trinajstić information content (AvgIpc) is 3.09. The van der Waals surface area contributed by atoms with Crippen molar-refractivity contribution in [3.63, 3.8) is 0 Å². The molecule has 0 spiro atoms. The third kappa shape index (κ3) is 2.78. The predicted octanol–water partition coefficient (Wildman–Crippen LogP) is 2.93. The summed E-state index contributed by atoms with van der Waals surface area (Å²) in [6.07, 6.45) is 2.56. The molecular weight excluding hydrogens is 214 g/mol. The van der Waals surface area contributed by atoms with E-state index >= 15 is 0 Å². The van der Waals surface area contributed by atoms with Gasteiger partial charge in [0.2, 0.25) is 0 Å². The SMILES string of the molecule is CCN(CC1CC1)c1cc(C)ccc1C(=O)O. The van der Waals surface area contributed by atoms with Crippen molar-refractivity contribution in [2.75, 3.05) is 18.0 Å². The van der Waals surface area contributed by atoms with E-state index in [4.69, 9.17) is 0 Å². The van der Waals surface area contributed by atoms with Crippen LogP contribution in [0.15, 0.2) is 18.2 Å². The second kappa shape index (κ2) is 4.78. The van der Waals surface area contributed by atoms with Gasteiger partial charge in [-0.1, -0.05) is 6.07 Å². The van der Waals surface area contributed by atoms with Crippen molar-refractivity contribution < 1.29 is 9.90 Å². The van der Waals surface area contributed by atoms with Crippen molar-refractivity contribution in [3.8, 4) is 0 Å². The zero-order chi connectivity index (χ0) is 12.4. The van der Waals surface area contributed by atoms with Gasteiger partial charge in [-0.15, -0.1) is 0 Å². The molecule has 1 aliphatic rings. The van der Waals surface area contributed by atoms with Crippen LogP contribution in [0.25, 0.3) is 0 Å². The first kappa shape index (κ1) is 12.0. The van der Waals surface area contributed by atoms with E-state index in [0.717, 1.165) is 30.3 Å². The lowest BCUT2D eigenvalue weighted by Crippen LogP contribution is -2.27. The number of hydrogen-bond donors (Lipinski definition) is 1. The highest BCUT2D eigenvalue weighted by molar-refractivity contribution is 5.94. The summed E-state index contributed by atoms with van der Waals surface area (Å²) < 4.78 is 0. The Labute approximate surface area is 102 Å². The zero-order valence-corrected chi connectivity index (χ0v) is 10.4. The number of rotatable bonds is 5. The molecule has 0 radical (unpaired) electrons. The zero-order valence-electron chi connectivity index (χ0n) is 10.4. The Kier molecular flexibility index (Phi) is 3.36. The number of aryl methyl sites for hydroxylation is 1. The van der Waals surface area contributed by atoms with Crippen molar-refractivity contribution in [2.45, 2.75) is 26.7 Å². The van der Waals surface area contributed by atoms with Crippen LogP contribution in [0.1, 0.15) is 35.7 Å². The van der Waals surface area contributed by atoms with E-state index in [0.29, 0.717) is 5.56 Å². The Balaban J connectivity index is 2.31. The summed E-state index contributed by atoms with van der Waals surface area (Å²) >= 11 is 0. The molecular formula is C14H19NO2. The topological polar surface area (TPSA) is 40.5 Å². The summed E-state index contributed by atoms with van der Waals surface area (Å²) in [4.78, 5) is 13.4. The fraction of sp³-hybridized carbons (Fsp3) is 0.500. The van der Waals surface area contributed by atoms with Crippen LogP contribution >= 0.6 is 0 Å². The van der Waals surface area contributed by atoms with Gasteiger partial charge in [0.25, 0.3) is 0 Å². The van der Waals surface area contributed by atoms with E-state index in [2.05, 4.69) is 11.8 Å². The van der Waals surface area contributed by atoms with Crippen molar-refractivity contribution >= 4 is 11.7 Å². The van der Waals surface area contributed by atoms with Gasteiger partial charge in [0.1, 0.15) is 0 Å². The molecule has 0 amide bonds. The third-order valence-electron chi connectivity index (χ3n) is 3.28. The average molecular weight is 233 g/mol. The van der Waals surface area contributed by atoms with Crippen LogP contribution in [0.2, 0.25) is 0 Å². The molecule has 0 bridgehead atoms. The molecule has 1 N–H and O–H groups in total. The molecule has 0 saturated heterocycles. The third-order valence-corrected chi connectivity index (χ3v) is 3.28. The van der Waals surface area contributed by atoms with Crippen molar-refractivity contribution in [1.29, 1.82) is 0 Å². The lowest BCUT2D eigenvalue weighted by Gasteiger charge is -2.25. The van der Waals surface area contributed by atoms with E-state index in [1.165, 1.54) is 12.8 Å². The van der Waals surface area contributed by atoms with Gasteiger partial charge in [-0.3, -0.25) is 0 Å². The number of carboxylic acids is 1. The Morgan fingerprint density at radius 2 is 2.18 bits per heavy atom. The van der Waals surface area contributed by atoms with Crippen LogP contribution in [0.3, 0.4) is 0 Å². The highest BCUT2D eigenvalue weighted by atomic mass is 16.4. The summed E-state index contributed by atoms with van der Waals surface area (Å²) in [5, 5.41) is 9.22. The highest BCUT2D eigenvalue weighted by Crippen LogP contribution is 2.32. The maximum absolute atomic E-state index is 11.2. The maximum Gasteiger partial charge on any atom is 0.337 e. The van der Waals surface area contributed by atoms with Crippen molar-refractivity contribution in [1.82, 2.24) is 0 Å². The van der Waals surface area contributed by atoms with Gasteiger partial charge >= 0.3 is 5.97 Å². The molecule has 1 fully saturated rings.